The van der Waals surface area contributed by atoms with Crippen molar-refractivity contribution in [2.24, 2.45) is 0 Å². The summed E-state index contributed by atoms with van der Waals surface area (Å²) in [6.07, 6.45) is 0. The van der Waals surface area contributed by atoms with E-state index < -0.39 is 0 Å². The van der Waals surface area contributed by atoms with E-state index in [1.807, 2.05) is 44.4 Å². The molecule has 2 aromatic rings. The van der Waals surface area contributed by atoms with Crippen molar-refractivity contribution in [2.45, 2.75) is 13.0 Å². The van der Waals surface area contributed by atoms with Crippen molar-refractivity contribution >= 4 is 38.9 Å². The molecule has 0 bridgehead atoms. The van der Waals surface area contributed by atoms with Crippen molar-refractivity contribution in [1.29, 1.82) is 0 Å². The van der Waals surface area contributed by atoms with Gasteiger partial charge in [-0.1, -0.05) is 39.7 Å². The van der Waals surface area contributed by atoms with E-state index in [4.69, 9.17) is 11.6 Å². The smallest absolute Gasteiger partial charge is 0.0597 e. The van der Waals surface area contributed by atoms with Crippen molar-refractivity contribution in [1.82, 2.24) is 0 Å². The highest BCUT2D eigenvalue weighted by molar-refractivity contribution is 9.10. The van der Waals surface area contributed by atoms with Crippen molar-refractivity contribution < 1.29 is 0 Å². The number of halogens is 2. The van der Waals surface area contributed by atoms with Crippen LogP contribution in [0.2, 0.25) is 5.02 Å². The summed E-state index contributed by atoms with van der Waals surface area (Å²) in [7, 11) is 4.09. The summed E-state index contributed by atoms with van der Waals surface area (Å²) < 4.78 is 1.06. The molecule has 0 spiro atoms. The summed E-state index contributed by atoms with van der Waals surface area (Å²) in [4.78, 5) is 2.10. The van der Waals surface area contributed by atoms with Crippen LogP contribution < -0.4 is 10.2 Å². The van der Waals surface area contributed by atoms with Gasteiger partial charge < -0.3 is 10.2 Å². The molecule has 1 unspecified atom stereocenters. The number of rotatable bonds is 4. The van der Waals surface area contributed by atoms with Crippen LogP contribution in [0, 0.1) is 0 Å². The Bertz CT molecular complexity index is 582. The van der Waals surface area contributed by atoms with E-state index in [1.54, 1.807) is 0 Å². The molecule has 0 heterocycles. The van der Waals surface area contributed by atoms with Crippen molar-refractivity contribution in [2.75, 3.05) is 24.3 Å². The van der Waals surface area contributed by atoms with Gasteiger partial charge in [0.05, 0.1) is 11.4 Å². The number of nitrogens with one attached hydrogen (secondary N) is 1. The fraction of sp³-hybridized carbons (Fsp3) is 0.250. The van der Waals surface area contributed by atoms with E-state index in [0.717, 1.165) is 20.9 Å². The molecule has 0 radical (unpaired) electrons. The summed E-state index contributed by atoms with van der Waals surface area (Å²) in [5.41, 5.74) is 3.47. The number of anilines is 2. The number of hydrogen-bond donors (Lipinski definition) is 1. The lowest BCUT2D eigenvalue weighted by atomic mass is 10.1. The Balaban J connectivity index is 2.24. The zero-order chi connectivity index (χ0) is 14.7. The molecule has 0 amide bonds. The van der Waals surface area contributed by atoms with E-state index in [9.17, 15) is 0 Å². The predicted octanol–water partition coefficient (Wildman–Crippen LogP) is 5.34. The number of benzene rings is 2. The van der Waals surface area contributed by atoms with Gasteiger partial charge in [0, 0.05) is 29.6 Å². The zero-order valence-corrected chi connectivity index (χ0v) is 14.2. The van der Waals surface area contributed by atoms with E-state index >= 15 is 0 Å². The van der Waals surface area contributed by atoms with Gasteiger partial charge in [0.2, 0.25) is 0 Å². The van der Waals surface area contributed by atoms with Gasteiger partial charge in [0.25, 0.3) is 0 Å². The molecule has 1 N–H and O–H groups in total. The van der Waals surface area contributed by atoms with Crippen LogP contribution in [0.4, 0.5) is 11.4 Å². The largest absolute Gasteiger partial charge is 0.377 e. The Kier molecular flexibility index (Phi) is 4.95. The highest BCUT2D eigenvalue weighted by Crippen LogP contribution is 2.31. The van der Waals surface area contributed by atoms with Crippen LogP contribution in [0.5, 0.6) is 0 Å². The average molecular weight is 354 g/mol. The topological polar surface area (TPSA) is 15.3 Å². The SMILES string of the molecule is CC(Nc1cc(Br)ccc1N(C)C)c1ccc(Cl)cc1. The first kappa shape index (κ1) is 15.2. The first-order valence-corrected chi connectivity index (χ1v) is 7.63. The maximum Gasteiger partial charge on any atom is 0.0597 e. The van der Waals surface area contributed by atoms with Crippen LogP contribution in [-0.2, 0) is 0 Å². The molecule has 2 aromatic carbocycles. The van der Waals surface area contributed by atoms with Gasteiger partial charge in [-0.2, -0.15) is 0 Å². The van der Waals surface area contributed by atoms with Gasteiger partial charge in [-0.15, -0.1) is 0 Å². The van der Waals surface area contributed by atoms with E-state index in [2.05, 4.69) is 45.2 Å². The zero-order valence-electron chi connectivity index (χ0n) is 11.8. The Labute approximate surface area is 133 Å². The fourth-order valence-electron chi connectivity index (χ4n) is 2.08. The highest BCUT2D eigenvalue weighted by Gasteiger charge is 2.10. The summed E-state index contributed by atoms with van der Waals surface area (Å²) in [5, 5.41) is 4.32. The Morgan fingerprint density at radius 1 is 1.10 bits per heavy atom. The lowest BCUT2D eigenvalue weighted by Crippen LogP contribution is -2.14. The Hall–Kier alpha value is -1.19. The van der Waals surface area contributed by atoms with Crippen LogP contribution in [0.1, 0.15) is 18.5 Å². The molecule has 0 fully saturated rings. The molecule has 0 saturated carbocycles. The second kappa shape index (κ2) is 6.51. The lowest BCUT2D eigenvalue weighted by Gasteiger charge is -2.22. The average Bonchev–Trinajstić information content (AvgIpc) is 2.39. The monoisotopic (exact) mass is 352 g/mol. The lowest BCUT2D eigenvalue weighted by molar-refractivity contribution is 0.883. The minimum absolute atomic E-state index is 0.209. The molecule has 0 aliphatic carbocycles. The third-order valence-corrected chi connectivity index (χ3v) is 3.93. The third-order valence-electron chi connectivity index (χ3n) is 3.18. The van der Waals surface area contributed by atoms with Gasteiger partial charge in [0.15, 0.2) is 0 Å². The van der Waals surface area contributed by atoms with Gasteiger partial charge in [-0.25, -0.2) is 0 Å². The van der Waals surface area contributed by atoms with Crippen molar-refractivity contribution in [3.63, 3.8) is 0 Å². The van der Waals surface area contributed by atoms with Gasteiger partial charge in [0.1, 0.15) is 0 Å². The molecule has 0 aromatic heterocycles. The third kappa shape index (κ3) is 3.68. The number of nitrogens with zero attached hydrogens (tertiary/aromatic N) is 1. The predicted molar refractivity (Wildman–Crippen MR) is 92.0 cm³/mol. The standard InChI is InChI=1S/C16H18BrClN2/c1-11(12-4-7-14(18)8-5-12)19-15-10-13(17)6-9-16(15)20(2)3/h4-11,19H,1-3H3. The second-order valence-corrected chi connectivity index (χ2v) is 6.33. The van der Waals surface area contributed by atoms with E-state index in [-0.39, 0.29) is 6.04 Å². The van der Waals surface area contributed by atoms with Crippen molar-refractivity contribution in [3.8, 4) is 0 Å². The molecular formula is C16H18BrClN2. The summed E-state index contributed by atoms with van der Waals surface area (Å²) in [6.45, 7) is 2.14. The summed E-state index contributed by atoms with van der Waals surface area (Å²) in [6, 6.07) is 14.4. The maximum atomic E-state index is 5.93. The van der Waals surface area contributed by atoms with E-state index in [0.29, 0.717) is 0 Å². The summed E-state index contributed by atoms with van der Waals surface area (Å²) >= 11 is 9.46. The first-order chi connectivity index (χ1) is 9.47. The molecule has 0 aliphatic rings. The van der Waals surface area contributed by atoms with Crippen LogP contribution in [0.25, 0.3) is 0 Å². The molecule has 4 heteroatoms. The van der Waals surface area contributed by atoms with Crippen LogP contribution >= 0.6 is 27.5 Å². The second-order valence-electron chi connectivity index (χ2n) is 4.97. The molecule has 106 valence electrons. The molecular weight excluding hydrogens is 336 g/mol. The molecule has 2 rings (SSSR count). The molecule has 2 nitrogen and oxygen atoms in total. The Morgan fingerprint density at radius 2 is 1.75 bits per heavy atom. The molecule has 20 heavy (non-hydrogen) atoms. The number of hydrogen-bond acceptors (Lipinski definition) is 2. The summed E-state index contributed by atoms with van der Waals surface area (Å²) in [5.74, 6) is 0. The fourth-order valence-corrected chi connectivity index (χ4v) is 2.57. The molecule has 0 aliphatic heterocycles. The van der Waals surface area contributed by atoms with Gasteiger partial charge >= 0.3 is 0 Å². The van der Waals surface area contributed by atoms with Crippen LogP contribution in [0.3, 0.4) is 0 Å². The van der Waals surface area contributed by atoms with Gasteiger partial charge in [-0.3, -0.25) is 0 Å². The molecule has 1 atom stereocenters. The first-order valence-electron chi connectivity index (χ1n) is 6.46. The van der Waals surface area contributed by atoms with Crippen molar-refractivity contribution in [3.05, 3.63) is 57.5 Å². The normalized spacial score (nSPS) is 12.1. The van der Waals surface area contributed by atoms with E-state index in [1.165, 1.54) is 5.56 Å². The van der Waals surface area contributed by atoms with Crippen LogP contribution in [-0.4, -0.2) is 14.1 Å². The molecule has 0 saturated heterocycles. The maximum absolute atomic E-state index is 5.93. The minimum Gasteiger partial charge on any atom is -0.377 e. The van der Waals surface area contributed by atoms with Crippen LogP contribution in [0.15, 0.2) is 46.9 Å². The highest BCUT2D eigenvalue weighted by atomic mass is 79.9. The Morgan fingerprint density at radius 3 is 2.35 bits per heavy atom. The minimum atomic E-state index is 0.209. The van der Waals surface area contributed by atoms with Gasteiger partial charge in [-0.05, 0) is 42.8 Å². The quantitative estimate of drug-likeness (QED) is 0.798.